The van der Waals surface area contributed by atoms with E-state index in [0.29, 0.717) is 0 Å². The van der Waals surface area contributed by atoms with Crippen LogP contribution in [-0.2, 0) is 6.42 Å². The largest absolute Gasteiger partial charge is 0.476 e. The number of hydrogen-bond donors (Lipinski definition) is 2. The van der Waals surface area contributed by atoms with Gasteiger partial charge in [-0.15, -0.1) is 5.10 Å². The number of nitrogens with one attached hydrogen (secondary N) is 1. The van der Waals surface area contributed by atoms with Crippen LogP contribution in [-0.4, -0.2) is 26.2 Å². The molecule has 0 unspecified atom stereocenters. The van der Waals surface area contributed by atoms with Crippen molar-refractivity contribution in [2.75, 3.05) is 0 Å². The van der Waals surface area contributed by atoms with Crippen LogP contribution in [0.15, 0.2) is 0 Å². The highest BCUT2D eigenvalue weighted by atomic mass is 16.6. The van der Waals surface area contributed by atoms with E-state index >= 15 is 0 Å². The van der Waals surface area contributed by atoms with E-state index in [0.717, 1.165) is 0 Å². The lowest BCUT2D eigenvalue weighted by molar-refractivity contribution is -0.390. The van der Waals surface area contributed by atoms with E-state index in [4.69, 9.17) is 5.11 Å². The Balaban J connectivity index is 3.26. The van der Waals surface area contributed by atoms with Crippen molar-refractivity contribution < 1.29 is 14.8 Å². The predicted molar refractivity (Wildman–Crippen MR) is 41.6 cm³/mol. The fourth-order valence-corrected chi connectivity index (χ4v) is 1.02. The molecule has 0 aliphatic carbocycles. The van der Waals surface area contributed by atoms with E-state index in [2.05, 4.69) is 10.2 Å². The minimum absolute atomic E-state index is 0.123. The van der Waals surface area contributed by atoms with Gasteiger partial charge < -0.3 is 15.2 Å². The average Bonchev–Trinajstić information content (AvgIpc) is 2.46. The Bertz CT molecular complexity index is 325. The summed E-state index contributed by atoms with van der Waals surface area (Å²) >= 11 is 0. The number of H-pyrrole nitrogens is 1. The average molecular weight is 185 g/mol. The summed E-state index contributed by atoms with van der Waals surface area (Å²) in [5.41, 5.74) is -0.160. The van der Waals surface area contributed by atoms with Crippen molar-refractivity contribution in [3.05, 3.63) is 21.4 Å². The topological polar surface area (TPSA) is 109 Å². The standard InChI is InChI=1S/C6H7N3O4/c1-2-3-4(6(10)11)7-8-5(3)9(12)13/h2H2,1H3,(H,7,8)(H,10,11). The molecule has 0 saturated heterocycles. The molecule has 2 N–H and O–H groups in total. The lowest BCUT2D eigenvalue weighted by Gasteiger charge is -1.93. The highest BCUT2D eigenvalue weighted by molar-refractivity contribution is 5.88. The van der Waals surface area contributed by atoms with Crippen molar-refractivity contribution in [3.63, 3.8) is 0 Å². The Morgan fingerprint density at radius 3 is 2.77 bits per heavy atom. The van der Waals surface area contributed by atoms with Crippen molar-refractivity contribution in [3.8, 4) is 0 Å². The van der Waals surface area contributed by atoms with E-state index in [1.165, 1.54) is 0 Å². The number of carboxylic acid groups (broad SMARTS) is 1. The number of carbonyl (C=O) groups is 1. The molecule has 13 heavy (non-hydrogen) atoms. The number of aromatic amines is 1. The van der Waals surface area contributed by atoms with Gasteiger partial charge in [-0.2, -0.15) is 0 Å². The third-order valence-corrected chi connectivity index (χ3v) is 1.58. The van der Waals surface area contributed by atoms with Gasteiger partial charge in [0.15, 0.2) is 0 Å². The molecule has 1 aromatic heterocycles. The first-order valence-corrected chi connectivity index (χ1v) is 3.52. The van der Waals surface area contributed by atoms with Gasteiger partial charge in [-0.05, 0) is 11.3 Å². The van der Waals surface area contributed by atoms with Crippen LogP contribution in [0.25, 0.3) is 0 Å². The van der Waals surface area contributed by atoms with E-state index in [1.54, 1.807) is 6.92 Å². The molecule has 7 nitrogen and oxygen atoms in total. The highest BCUT2D eigenvalue weighted by Gasteiger charge is 2.24. The zero-order valence-corrected chi connectivity index (χ0v) is 6.77. The lowest BCUT2D eigenvalue weighted by Crippen LogP contribution is -2.01. The molecule has 1 rings (SSSR count). The number of aromatic nitrogens is 2. The summed E-state index contributed by atoms with van der Waals surface area (Å²) in [5, 5.41) is 24.4. The second-order valence-corrected chi connectivity index (χ2v) is 2.32. The summed E-state index contributed by atoms with van der Waals surface area (Å²) in [7, 11) is 0. The molecule has 0 saturated carbocycles. The van der Waals surface area contributed by atoms with Gasteiger partial charge >= 0.3 is 11.8 Å². The van der Waals surface area contributed by atoms with Crippen LogP contribution in [0.1, 0.15) is 23.0 Å². The van der Waals surface area contributed by atoms with E-state index in [1.807, 2.05) is 0 Å². The lowest BCUT2D eigenvalue weighted by atomic mass is 10.2. The molecule has 0 radical (unpaired) electrons. The summed E-state index contributed by atoms with van der Waals surface area (Å²) in [5.74, 6) is -1.61. The Kier molecular flexibility index (Phi) is 2.27. The maximum absolute atomic E-state index is 10.5. The minimum atomic E-state index is -1.26. The van der Waals surface area contributed by atoms with E-state index in [-0.39, 0.29) is 23.5 Å². The van der Waals surface area contributed by atoms with E-state index < -0.39 is 10.9 Å². The molecule has 0 amide bonds. The molecule has 0 bridgehead atoms. The zero-order valence-electron chi connectivity index (χ0n) is 6.77. The van der Waals surface area contributed by atoms with Crippen LogP contribution in [0.4, 0.5) is 5.82 Å². The van der Waals surface area contributed by atoms with Gasteiger partial charge in [0.05, 0.1) is 5.56 Å². The van der Waals surface area contributed by atoms with Crippen molar-refractivity contribution in [1.29, 1.82) is 0 Å². The Hall–Kier alpha value is -1.92. The molecule has 0 atom stereocenters. The van der Waals surface area contributed by atoms with Crippen LogP contribution >= 0.6 is 0 Å². The Labute approximate surface area is 72.5 Å². The maximum atomic E-state index is 10.5. The highest BCUT2D eigenvalue weighted by Crippen LogP contribution is 2.18. The third-order valence-electron chi connectivity index (χ3n) is 1.58. The van der Waals surface area contributed by atoms with Gasteiger partial charge in [-0.25, -0.2) is 4.79 Å². The maximum Gasteiger partial charge on any atom is 0.359 e. The molecule has 7 heteroatoms. The molecule has 0 aromatic carbocycles. The molecule has 70 valence electrons. The normalized spacial score (nSPS) is 9.92. The van der Waals surface area contributed by atoms with Crippen molar-refractivity contribution in [2.24, 2.45) is 0 Å². The van der Waals surface area contributed by atoms with Crippen LogP contribution in [0.2, 0.25) is 0 Å². The fourth-order valence-electron chi connectivity index (χ4n) is 1.02. The first-order chi connectivity index (χ1) is 6.07. The quantitative estimate of drug-likeness (QED) is 0.528. The smallest absolute Gasteiger partial charge is 0.359 e. The van der Waals surface area contributed by atoms with Crippen molar-refractivity contribution in [1.82, 2.24) is 10.2 Å². The SMILES string of the molecule is CCc1c(C(=O)O)n[nH]c1[N+](=O)[O-]. The predicted octanol–water partition coefficient (Wildman–Crippen LogP) is 0.578. The van der Waals surface area contributed by atoms with Crippen LogP contribution in [0.5, 0.6) is 0 Å². The summed E-state index contributed by atoms with van der Waals surface area (Å²) in [6, 6.07) is 0. The number of carboxylic acids is 1. The monoisotopic (exact) mass is 185 g/mol. The molecule has 0 aliphatic heterocycles. The fraction of sp³-hybridized carbons (Fsp3) is 0.333. The van der Waals surface area contributed by atoms with Gasteiger partial charge in [-0.1, -0.05) is 12.0 Å². The van der Waals surface area contributed by atoms with Gasteiger partial charge in [0.2, 0.25) is 5.69 Å². The number of hydrogen-bond acceptors (Lipinski definition) is 4. The Morgan fingerprint density at radius 2 is 2.38 bits per heavy atom. The van der Waals surface area contributed by atoms with Crippen molar-refractivity contribution >= 4 is 11.8 Å². The van der Waals surface area contributed by atoms with Crippen LogP contribution in [0.3, 0.4) is 0 Å². The number of nitrogens with zero attached hydrogens (tertiary/aromatic N) is 2. The molecular weight excluding hydrogens is 178 g/mol. The molecule has 1 aromatic rings. The summed E-state index contributed by atoms with van der Waals surface area (Å²) < 4.78 is 0. The second kappa shape index (κ2) is 3.21. The third kappa shape index (κ3) is 1.48. The zero-order chi connectivity index (χ0) is 10.0. The van der Waals surface area contributed by atoms with Gasteiger partial charge in [0.1, 0.15) is 0 Å². The summed E-state index contributed by atoms with van der Waals surface area (Å²) in [4.78, 5) is 20.2. The number of aromatic carboxylic acids is 1. The summed E-state index contributed by atoms with van der Waals surface area (Å²) in [6.07, 6.45) is 0.258. The van der Waals surface area contributed by atoms with Gasteiger partial charge in [0, 0.05) is 0 Å². The van der Waals surface area contributed by atoms with Gasteiger partial charge in [-0.3, -0.25) is 0 Å². The molecule has 0 spiro atoms. The van der Waals surface area contributed by atoms with Crippen molar-refractivity contribution in [2.45, 2.75) is 13.3 Å². The van der Waals surface area contributed by atoms with Gasteiger partial charge in [0.25, 0.3) is 0 Å². The Morgan fingerprint density at radius 1 is 1.77 bits per heavy atom. The second-order valence-electron chi connectivity index (χ2n) is 2.32. The first-order valence-electron chi connectivity index (χ1n) is 3.52. The molecular formula is C6H7N3O4. The molecule has 1 heterocycles. The van der Waals surface area contributed by atoms with Crippen LogP contribution < -0.4 is 0 Å². The summed E-state index contributed by atoms with van der Waals surface area (Å²) in [6.45, 7) is 1.63. The minimum Gasteiger partial charge on any atom is -0.476 e. The van der Waals surface area contributed by atoms with Crippen LogP contribution in [0, 0.1) is 10.1 Å². The number of rotatable bonds is 3. The van der Waals surface area contributed by atoms with E-state index in [9.17, 15) is 14.9 Å². The molecule has 0 fully saturated rings. The first kappa shape index (κ1) is 9.17. The molecule has 0 aliphatic rings. The number of nitro groups is 1.